The summed E-state index contributed by atoms with van der Waals surface area (Å²) in [4.78, 5) is 3.95. The Labute approximate surface area is 100 Å². The molecule has 2 N–H and O–H groups in total. The molecule has 2 aromatic rings. The Kier molecular flexibility index (Phi) is 3.11. The van der Waals surface area contributed by atoms with Gasteiger partial charge in [-0.3, -0.25) is 4.98 Å². The van der Waals surface area contributed by atoms with E-state index in [9.17, 15) is 10.2 Å². The summed E-state index contributed by atoms with van der Waals surface area (Å²) >= 11 is 0. The van der Waals surface area contributed by atoms with Gasteiger partial charge in [0.2, 0.25) is 0 Å². The summed E-state index contributed by atoms with van der Waals surface area (Å²) < 4.78 is 0. The van der Waals surface area contributed by atoms with E-state index in [2.05, 4.69) is 4.98 Å². The molecule has 0 aliphatic carbocycles. The fourth-order valence-corrected chi connectivity index (χ4v) is 1.82. The van der Waals surface area contributed by atoms with Crippen molar-refractivity contribution in [3.05, 3.63) is 59.9 Å². The quantitative estimate of drug-likeness (QED) is 0.848. The van der Waals surface area contributed by atoms with Gasteiger partial charge in [0.05, 0.1) is 5.60 Å². The van der Waals surface area contributed by atoms with E-state index >= 15 is 0 Å². The molecule has 1 unspecified atom stereocenters. The van der Waals surface area contributed by atoms with Gasteiger partial charge in [0.1, 0.15) is 5.75 Å². The van der Waals surface area contributed by atoms with E-state index in [0.717, 1.165) is 11.1 Å². The van der Waals surface area contributed by atoms with Crippen molar-refractivity contribution in [2.75, 3.05) is 0 Å². The number of hydrogen-bond donors (Lipinski definition) is 2. The first-order chi connectivity index (χ1) is 8.08. The molecule has 1 atom stereocenters. The Balaban J connectivity index is 2.21. The van der Waals surface area contributed by atoms with Gasteiger partial charge in [-0.2, -0.15) is 0 Å². The number of phenols is 1. The zero-order chi connectivity index (χ0) is 12.3. The van der Waals surface area contributed by atoms with Gasteiger partial charge in [0.25, 0.3) is 0 Å². The molecule has 1 aromatic heterocycles. The van der Waals surface area contributed by atoms with Gasteiger partial charge in [0.15, 0.2) is 0 Å². The maximum absolute atomic E-state index is 10.4. The van der Waals surface area contributed by atoms with Crippen LogP contribution in [0.5, 0.6) is 5.75 Å². The molecule has 0 aliphatic heterocycles. The molecule has 2 rings (SSSR count). The molecule has 0 saturated heterocycles. The summed E-state index contributed by atoms with van der Waals surface area (Å²) in [5, 5.41) is 19.7. The lowest BCUT2D eigenvalue weighted by atomic mass is 9.89. The predicted octanol–water partition coefficient (Wildman–Crippen LogP) is 2.24. The fraction of sp³-hybridized carbons (Fsp3) is 0.214. The topological polar surface area (TPSA) is 53.4 Å². The monoisotopic (exact) mass is 229 g/mol. The Morgan fingerprint density at radius 3 is 2.24 bits per heavy atom. The minimum atomic E-state index is -0.949. The van der Waals surface area contributed by atoms with Crippen molar-refractivity contribution in [1.29, 1.82) is 0 Å². The lowest BCUT2D eigenvalue weighted by molar-refractivity contribution is 0.0576. The third-order valence-corrected chi connectivity index (χ3v) is 2.79. The Bertz CT molecular complexity index is 477. The summed E-state index contributed by atoms with van der Waals surface area (Å²) in [6.07, 6.45) is 3.94. The summed E-state index contributed by atoms with van der Waals surface area (Å²) in [6.45, 7) is 1.76. The number of benzene rings is 1. The lowest BCUT2D eigenvalue weighted by Crippen LogP contribution is -2.24. The molecule has 1 heterocycles. The highest BCUT2D eigenvalue weighted by Gasteiger charge is 2.23. The van der Waals surface area contributed by atoms with Crippen LogP contribution in [0.15, 0.2) is 48.8 Å². The third-order valence-electron chi connectivity index (χ3n) is 2.79. The van der Waals surface area contributed by atoms with Crippen LogP contribution in [0.3, 0.4) is 0 Å². The highest BCUT2D eigenvalue weighted by Crippen LogP contribution is 2.26. The molecule has 0 fully saturated rings. The lowest BCUT2D eigenvalue weighted by Gasteiger charge is -2.24. The summed E-state index contributed by atoms with van der Waals surface area (Å²) in [5.74, 6) is 0.202. The summed E-state index contributed by atoms with van der Waals surface area (Å²) in [5.41, 5.74) is 0.861. The first kappa shape index (κ1) is 11.6. The first-order valence-electron chi connectivity index (χ1n) is 5.49. The number of aliphatic hydroxyl groups is 1. The second-order valence-corrected chi connectivity index (χ2v) is 4.35. The summed E-state index contributed by atoms with van der Waals surface area (Å²) in [6, 6.07) is 10.4. The van der Waals surface area contributed by atoms with Crippen LogP contribution < -0.4 is 0 Å². The SMILES string of the molecule is CC(O)(Cc1ccncc1)c1ccc(O)cc1. The first-order valence-corrected chi connectivity index (χ1v) is 5.49. The van der Waals surface area contributed by atoms with Crippen LogP contribution in [0.2, 0.25) is 0 Å². The average Bonchev–Trinajstić information content (AvgIpc) is 2.30. The second kappa shape index (κ2) is 4.55. The molecule has 1 aromatic carbocycles. The highest BCUT2D eigenvalue weighted by molar-refractivity contribution is 5.31. The third kappa shape index (κ3) is 2.82. The van der Waals surface area contributed by atoms with Gasteiger partial charge >= 0.3 is 0 Å². The summed E-state index contributed by atoms with van der Waals surface area (Å²) in [7, 11) is 0. The molecule has 88 valence electrons. The minimum Gasteiger partial charge on any atom is -0.508 e. The molecular weight excluding hydrogens is 214 g/mol. The van der Waals surface area contributed by atoms with Crippen LogP contribution in [0.1, 0.15) is 18.1 Å². The van der Waals surface area contributed by atoms with Crippen LogP contribution in [0.25, 0.3) is 0 Å². The van der Waals surface area contributed by atoms with Crippen LogP contribution in [0.4, 0.5) is 0 Å². The number of hydrogen-bond acceptors (Lipinski definition) is 3. The van der Waals surface area contributed by atoms with Crippen LogP contribution in [-0.2, 0) is 12.0 Å². The molecule has 0 radical (unpaired) electrons. The molecule has 0 saturated carbocycles. The smallest absolute Gasteiger partial charge is 0.115 e. The predicted molar refractivity (Wildman–Crippen MR) is 65.6 cm³/mol. The van der Waals surface area contributed by atoms with Gasteiger partial charge in [-0.15, -0.1) is 0 Å². The number of pyridine rings is 1. The average molecular weight is 229 g/mol. The van der Waals surface area contributed by atoms with Crippen LogP contribution in [0, 0.1) is 0 Å². The van der Waals surface area contributed by atoms with Crippen molar-refractivity contribution in [3.63, 3.8) is 0 Å². The largest absolute Gasteiger partial charge is 0.508 e. The Morgan fingerprint density at radius 2 is 1.65 bits per heavy atom. The van der Waals surface area contributed by atoms with E-state index in [0.29, 0.717) is 6.42 Å². The number of aromatic hydroxyl groups is 1. The molecule has 3 nitrogen and oxygen atoms in total. The molecular formula is C14H15NO2. The fourth-order valence-electron chi connectivity index (χ4n) is 1.82. The number of phenolic OH excluding ortho intramolecular Hbond substituents is 1. The normalized spacial score (nSPS) is 14.2. The van der Waals surface area contributed by atoms with E-state index in [1.807, 2.05) is 12.1 Å². The van der Waals surface area contributed by atoms with Crippen molar-refractivity contribution in [3.8, 4) is 5.75 Å². The van der Waals surface area contributed by atoms with E-state index in [4.69, 9.17) is 0 Å². The standard InChI is InChI=1S/C14H15NO2/c1-14(17,10-11-6-8-15-9-7-11)12-2-4-13(16)5-3-12/h2-9,16-17H,10H2,1H3. The van der Waals surface area contributed by atoms with Crippen molar-refractivity contribution >= 4 is 0 Å². The molecule has 0 aliphatic rings. The zero-order valence-electron chi connectivity index (χ0n) is 9.67. The minimum absolute atomic E-state index is 0.202. The number of aromatic nitrogens is 1. The van der Waals surface area contributed by atoms with Crippen molar-refractivity contribution in [2.45, 2.75) is 18.9 Å². The van der Waals surface area contributed by atoms with Crippen molar-refractivity contribution < 1.29 is 10.2 Å². The van der Waals surface area contributed by atoms with Crippen LogP contribution in [-0.4, -0.2) is 15.2 Å². The van der Waals surface area contributed by atoms with E-state index in [1.54, 1.807) is 43.6 Å². The van der Waals surface area contributed by atoms with Crippen LogP contribution >= 0.6 is 0 Å². The molecule has 0 spiro atoms. The van der Waals surface area contributed by atoms with E-state index < -0.39 is 5.60 Å². The zero-order valence-corrected chi connectivity index (χ0v) is 9.67. The van der Waals surface area contributed by atoms with Gasteiger partial charge in [0, 0.05) is 18.8 Å². The maximum atomic E-state index is 10.4. The van der Waals surface area contributed by atoms with Crippen molar-refractivity contribution in [1.82, 2.24) is 4.98 Å². The highest BCUT2D eigenvalue weighted by atomic mass is 16.3. The van der Waals surface area contributed by atoms with Crippen molar-refractivity contribution in [2.24, 2.45) is 0 Å². The van der Waals surface area contributed by atoms with Gasteiger partial charge in [-0.05, 0) is 42.3 Å². The second-order valence-electron chi connectivity index (χ2n) is 4.35. The molecule has 17 heavy (non-hydrogen) atoms. The van der Waals surface area contributed by atoms with Gasteiger partial charge < -0.3 is 10.2 Å². The van der Waals surface area contributed by atoms with Gasteiger partial charge in [-0.1, -0.05) is 12.1 Å². The maximum Gasteiger partial charge on any atom is 0.115 e. The number of nitrogens with zero attached hydrogens (tertiary/aromatic N) is 1. The molecule has 0 bridgehead atoms. The van der Waals surface area contributed by atoms with E-state index in [1.165, 1.54) is 0 Å². The Hall–Kier alpha value is -1.87. The Morgan fingerprint density at radius 1 is 1.06 bits per heavy atom. The van der Waals surface area contributed by atoms with Gasteiger partial charge in [-0.25, -0.2) is 0 Å². The number of rotatable bonds is 3. The molecule has 3 heteroatoms. The van der Waals surface area contributed by atoms with E-state index in [-0.39, 0.29) is 5.75 Å². The molecule has 0 amide bonds.